The van der Waals surface area contributed by atoms with Gasteiger partial charge in [0.05, 0.1) is 5.92 Å². The van der Waals surface area contributed by atoms with Gasteiger partial charge in [0.25, 0.3) is 5.91 Å². The van der Waals surface area contributed by atoms with Gasteiger partial charge in [-0.05, 0) is 63.0 Å². The van der Waals surface area contributed by atoms with E-state index in [-0.39, 0.29) is 17.7 Å². The van der Waals surface area contributed by atoms with Gasteiger partial charge in [0.1, 0.15) is 0 Å². The van der Waals surface area contributed by atoms with Gasteiger partial charge >= 0.3 is 0 Å². The molecule has 2 aliphatic rings. The molecule has 3 rings (SSSR count). The van der Waals surface area contributed by atoms with Crippen LogP contribution in [0.25, 0.3) is 0 Å². The first-order valence-electron chi connectivity index (χ1n) is 9.08. The molecule has 0 aromatic heterocycles. The molecule has 25 heavy (non-hydrogen) atoms. The molecule has 2 amide bonds. The zero-order chi connectivity index (χ0) is 17.8. The molecular weight excluding hydrogens is 338 g/mol. The maximum Gasteiger partial charge on any atom is 0.253 e. The molecule has 1 unspecified atom stereocenters. The van der Waals surface area contributed by atoms with Gasteiger partial charge in [-0.1, -0.05) is 11.6 Å². The number of nitrogens with one attached hydrogen (secondary N) is 1. The number of halogens is 1. The Morgan fingerprint density at radius 3 is 2.52 bits per heavy atom. The zero-order valence-electron chi connectivity index (χ0n) is 14.7. The summed E-state index contributed by atoms with van der Waals surface area (Å²) in [7, 11) is 1.91. The monoisotopic (exact) mass is 363 g/mol. The Balaban J connectivity index is 1.62. The second-order valence-electron chi connectivity index (χ2n) is 7.03. The molecule has 1 atom stereocenters. The molecule has 1 N–H and O–H groups in total. The smallest absolute Gasteiger partial charge is 0.253 e. The van der Waals surface area contributed by atoms with Crippen LogP contribution in [-0.2, 0) is 4.79 Å². The number of piperidine rings is 2. The number of amides is 2. The molecule has 0 radical (unpaired) electrons. The fourth-order valence-corrected chi connectivity index (χ4v) is 3.93. The van der Waals surface area contributed by atoms with E-state index in [1.54, 1.807) is 24.3 Å². The van der Waals surface area contributed by atoms with E-state index in [9.17, 15) is 9.59 Å². The number of benzene rings is 1. The first-order chi connectivity index (χ1) is 12.1. The van der Waals surface area contributed by atoms with Crippen molar-refractivity contribution in [3.8, 4) is 0 Å². The topological polar surface area (TPSA) is 52.7 Å². The molecule has 0 saturated carbocycles. The first kappa shape index (κ1) is 18.2. The third-order valence-electron chi connectivity index (χ3n) is 5.35. The van der Waals surface area contributed by atoms with Gasteiger partial charge < -0.3 is 15.1 Å². The van der Waals surface area contributed by atoms with E-state index >= 15 is 0 Å². The number of carbonyl (C=O) groups is 2. The summed E-state index contributed by atoms with van der Waals surface area (Å²) in [5.74, 6) is 0.0732. The lowest BCUT2D eigenvalue weighted by Crippen LogP contribution is -2.50. The number of rotatable bonds is 3. The molecule has 5 nitrogen and oxygen atoms in total. The van der Waals surface area contributed by atoms with E-state index < -0.39 is 0 Å². The molecule has 2 fully saturated rings. The summed E-state index contributed by atoms with van der Waals surface area (Å²) >= 11 is 5.90. The van der Waals surface area contributed by atoms with Crippen LogP contribution in [0.3, 0.4) is 0 Å². The summed E-state index contributed by atoms with van der Waals surface area (Å²) in [6.07, 6.45) is 3.74. The number of carbonyl (C=O) groups excluding carboxylic acids is 2. The van der Waals surface area contributed by atoms with Crippen LogP contribution in [0.4, 0.5) is 0 Å². The number of nitrogens with zero attached hydrogens (tertiary/aromatic N) is 2. The molecule has 1 aromatic carbocycles. The van der Waals surface area contributed by atoms with Crippen LogP contribution in [0.1, 0.15) is 36.0 Å². The maximum atomic E-state index is 12.9. The predicted molar refractivity (Wildman–Crippen MR) is 98.7 cm³/mol. The summed E-state index contributed by atoms with van der Waals surface area (Å²) in [6.45, 7) is 3.15. The largest absolute Gasteiger partial charge is 0.342 e. The quantitative estimate of drug-likeness (QED) is 0.897. The van der Waals surface area contributed by atoms with E-state index in [1.165, 1.54) is 0 Å². The molecule has 2 aliphatic heterocycles. The standard InChI is InChI=1S/C19H26ClN3O2/c1-22(17-8-10-21-11-9-17)18(24)15-3-2-12-23(13-15)19(25)14-4-6-16(20)7-5-14/h4-7,15,17,21H,2-3,8-13H2,1H3. The Labute approximate surface area is 154 Å². The van der Waals surface area contributed by atoms with E-state index in [4.69, 9.17) is 11.6 Å². The number of hydrogen-bond donors (Lipinski definition) is 1. The molecule has 0 bridgehead atoms. The van der Waals surface area contributed by atoms with Crippen LogP contribution >= 0.6 is 11.6 Å². The normalized spacial score (nSPS) is 21.8. The molecular formula is C19H26ClN3O2. The Kier molecular flexibility index (Phi) is 5.97. The minimum Gasteiger partial charge on any atom is -0.342 e. The van der Waals surface area contributed by atoms with Crippen LogP contribution in [0, 0.1) is 5.92 Å². The highest BCUT2D eigenvalue weighted by Crippen LogP contribution is 2.23. The Hall–Kier alpha value is -1.59. The molecule has 2 heterocycles. The second-order valence-corrected chi connectivity index (χ2v) is 7.46. The Morgan fingerprint density at radius 1 is 1.16 bits per heavy atom. The summed E-state index contributed by atoms with van der Waals surface area (Å²) in [5.41, 5.74) is 0.629. The predicted octanol–water partition coefficient (Wildman–Crippen LogP) is 2.40. The van der Waals surface area contributed by atoms with Crippen molar-refractivity contribution in [2.45, 2.75) is 31.7 Å². The molecule has 136 valence electrons. The average molecular weight is 364 g/mol. The highest BCUT2D eigenvalue weighted by atomic mass is 35.5. The number of hydrogen-bond acceptors (Lipinski definition) is 3. The molecule has 0 aliphatic carbocycles. The lowest BCUT2D eigenvalue weighted by Gasteiger charge is -2.37. The lowest BCUT2D eigenvalue weighted by molar-refractivity contribution is -0.138. The van der Waals surface area contributed by atoms with Crippen LogP contribution in [0.2, 0.25) is 5.02 Å². The van der Waals surface area contributed by atoms with E-state index in [0.717, 1.165) is 38.8 Å². The minimum absolute atomic E-state index is 0.0151. The SMILES string of the molecule is CN(C(=O)C1CCCN(C(=O)c2ccc(Cl)cc2)C1)C1CCNCC1. The van der Waals surface area contributed by atoms with E-state index in [1.807, 2.05) is 16.8 Å². The Bertz CT molecular complexity index is 614. The lowest BCUT2D eigenvalue weighted by atomic mass is 9.94. The van der Waals surface area contributed by atoms with Gasteiger partial charge in [0.2, 0.25) is 5.91 Å². The number of likely N-dealkylation sites (tertiary alicyclic amines) is 1. The summed E-state index contributed by atoms with van der Waals surface area (Å²) < 4.78 is 0. The van der Waals surface area contributed by atoms with Gasteiger partial charge in [0.15, 0.2) is 0 Å². The van der Waals surface area contributed by atoms with Crippen molar-refractivity contribution >= 4 is 23.4 Å². The van der Waals surface area contributed by atoms with Gasteiger partial charge in [0, 0.05) is 36.8 Å². The first-order valence-corrected chi connectivity index (χ1v) is 9.46. The fraction of sp³-hybridized carbons (Fsp3) is 0.579. The van der Waals surface area contributed by atoms with E-state index in [0.29, 0.717) is 29.7 Å². The van der Waals surface area contributed by atoms with Gasteiger partial charge in [-0.3, -0.25) is 9.59 Å². The van der Waals surface area contributed by atoms with Crippen molar-refractivity contribution < 1.29 is 9.59 Å². The molecule has 0 spiro atoms. The highest BCUT2D eigenvalue weighted by Gasteiger charge is 2.33. The van der Waals surface area contributed by atoms with E-state index in [2.05, 4.69) is 5.32 Å². The molecule has 6 heteroatoms. The third-order valence-corrected chi connectivity index (χ3v) is 5.61. The van der Waals surface area contributed by atoms with Crippen LogP contribution in [0.5, 0.6) is 0 Å². The Morgan fingerprint density at radius 2 is 1.84 bits per heavy atom. The zero-order valence-corrected chi connectivity index (χ0v) is 15.5. The van der Waals surface area contributed by atoms with Crippen LogP contribution in [-0.4, -0.2) is 60.9 Å². The maximum absolute atomic E-state index is 12.9. The van der Waals surface area contributed by atoms with Crippen molar-refractivity contribution in [1.82, 2.24) is 15.1 Å². The van der Waals surface area contributed by atoms with Crippen molar-refractivity contribution in [2.24, 2.45) is 5.92 Å². The fourth-order valence-electron chi connectivity index (χ4n) is 3.80. The van der Waals surface area contributed by atoms with Crippen molar-refractivity contribution in [1.29, 1.82) is 0 Å². The van der Waals surface area contributed by atoms with Gasteiger partial charge in [-0.2, -0.15) is 0 Å². The van der Waals surface area contributed by atoms with Gasteiger partial charge in [-0.15, -0.1) is 0 Å². The van der Waals surface area contributed by atoms with Crippen molar-refractivity contribution in [3.63, 3.8) is 0 Å². The summed E-state index contributed by atoms with van der Waals surface area (Å²) in [5, 5.41) is 3.95. The van der Waals surface area contributed by atoms with Crippen LogP contribution < -0.4 is 5.32 Å². The van der Waals surface area contributed by atoms with Gasteiger partial charge in [-0.25, -0.2) is 0 Å². The third kappa shape index (κ3) is 4.33. The van der Waals surface area contributed by atoms with Crippen molar-refractivity contribution in [2.75, 3.05) is 33.2 Å². The molecule has 1 aromatic rings. The minimum atomic E-state index is -0.0927. The molecule has 2 saturated heterocycles. The summed E-state index contributed by atoms with van der Waals surface area (Å²) in [6, 6.07) is 7.27. The summed E-state index contributed by atoms with van der Waals surface area (Å²) in [4.78, 5) is 29.3. The van der Waals surface area contributed by atoms with Crippen molar-refractivity contribution in [3.05, 3.63) is 34.9 Å². The average Bonchev–Trinajstić information content (AvgIpc) is 2.67. The highest BCUT2D eigenvalue weighted by molar-refractivity contribution is 6.30. The van der Waals surface area contributed by atoms with Crippen LogP contribution in [0.15, 0.2) is 24.3 Å². The second kappa shape index (κ2) is 8.19.